The Morgan fingerprint density at radius 2 is 1.88 bits per heavy atom. The molecule has 0 saturated heterocycles. The van der Waals surface area contributed by atoms with Gasteiger partial charge in [0.1, 0.15) is 11.6 Å². The number of halogens is 1. The molecule has 25 heavy (non-hydrogen) atoms. The second kappa shape index (κ2) is 7.06. The quantitative estimate of drug-likeness (QED) is 0.694. The Hall–Kier alpha value is -2.68. The van der Waals surface area contributed by atoms with Gasteiger partial charge in [0.15, 0.2) is 5.76 Å². The van der Waals surface area contributed by atoms with Crippen molar-refractivity contribution >= 4 is 23.7 Å². The molecule has 9 heteroatoms. The number of anilines is 2. The topological polar surface area (TPSA) is 94.0 Å². The Kier molecular flexibility index (Phi) is 4.84. The smallest absolute Gasteiger partial charge is 0.256 e. The normalized spacial score (nSPS) is 12.2. The van der Waals surface area contributed by atoms with Crippen LogP contribution in [0.25, 0.3) is 11.3 Å². The van der Waals surface area contributed by atoms with Crippen molar-refractivity contribution in [2.45, 2.75) is 17.4 Å². The van der Waals surface area contributed by atoms with Crippen molar-refractivity contribution < 1.29 is 8.81 Å². The van der Waals surface area contributed by atoms with Crippen LogP contribution >= 0.6 is 11.8 Å². The summed E-state index contributed by atoms with van der Waals surface area (Å²) in [4.78, 5) is 18.7. The van der Waals surface area contributed by atoms with Gasteiger partial charge >= 0.3 is 0 Å². The van der Waals surface area contributed by atoms with E-state index in [0.717, 1.165) is 5.56 Å². The molecule has 2 heterocycles. The van der Waals surface area contributed by atoms with Crippen molar-refractivity contribution in [3.8, 4) is 11.3 Å². The average Bonchev–Trinajstić information content (AvgIpc) is 3.03. The van der Waals surface area contributed by atoms with Crippen molar-refractivity contribution in [1.82, 2.24) is 19.9 Å². The number of hydrogen-bond donors (Lipinski definition) is 1. The van der Waals surface area contributed by atoms with Gasteiger partial charge in [-0.1, -0.05) is 11.8 Å². The number of oxazole rings is 1. The summed E-state index contributed by atoms with van der Waals surface area (Å²) in [7, 11) is 3.67. The molecule has 7 nitrogen and oxygen atoms in total. The second-order valence-corrected chi connectivity index (χ2v) is 6.80. The van der Waals surface area contributed by atoms with Crippen LogP contribution in [-0.2, 0) is 0 Å². The van der Waals surface area contributed by atoms with E-state index in [1.807, 2.05) is 21.0 Å². The lowest BCUT2D eigenvalue weighted by Crippen LogP contribution is -2.16. The zero-order valence-corrected chi connectivity index (χ0v) is 14.8. The largest absolute Gasteiger partial charge is 0.431 e. The van der Waals surface area contributed by atoms with E-state index < -0.39 is 0 Å². The molecular formula is C16H17FN6OS. The van der Waals surface area contributed by atoms with Crippen LogP contribution in [0.3, 0.4) is 0 Å². The first-order valence-corrected chi connectivity index (χ1v) is 8.37. The van der Waals surface area contributed by atoms with E-state index in [-0.39, 0.29) is 17.0 Å². The zero-order valence-electron chi connectivity index (χ0n) is 14.0. The minimum absolute atomic E-state index is 0.135. The summed E-state index contributed by atoms with van der Waals surface area (Å²) < 4.78 is 18.7. The Bertz CT molecular complexity index is 867. The van der Waals surface area contributed by atoms with Crippen LogP contribution in [0.15, 0.2) is 40.1 Å². The molecule has 1 aromatic carbocycles. The van der Waals surface area contributed by atoms with Gasteiger partial charge in [-0.15, -0.1) is 0 Å². The van der Waals surface area contributed by atoms with E-state index in [0.29, 0.717) is 22.8 Å². The first kappa shape index (κ1) is 17.2. The minimum atomic E-state index is -0.296. The fourth-order valence-corrected chi connectivity index (χ4v) is 2.81. The number of nitrogens with zero attached hydrogens (tertiary/aromatic N) is 5. The second-order valence-electron chi connectivity index (χ2n) is 5.50. The SMILES string of the molecule is C[C@H](Sc1ncc(-c2ccc(F)cc2)o1)c1nc(N)nc(N(C)C)n1. The van der Waals surface area contributed by atoms with Crippen LogP contribution in [0.2, 0.25) is 0 Å². The third-order valence-corrected chi connectivity index (χ3v) is 4.27. The fraction of sp³-hybridized carbons (Fsp3) is 0.250. The number of thioether (sulfide) groups is 1. The predicted octanol–water partition coefficient (Wildman–Crippen LogP) is 3.17. The van der Waals surface area contributed by atoms with E-state index in [9.17, 15) is 4.39 Å². The van der Waals surface area contributed by atoms with Crippen LogP contribution in [0.5, 0.6) is 0 Å². The van der Waals surface area contributed by atoms with Crippen LogP contribution in [0.4, 0.5) is 16.3 Å². The molecule has 3 aromatic rings. The fourth-order valence-electron chi connectivity index (χ4n) is 2.04. The Balaban J connectivity index is 1.77. The number of rotatable bonds is 5. The molecular weight excluding hydrogens is 343 g/mol. The molecule has 130 valence electrons. The lowest BCUT2D eigenvalue weighted by Gasteiger charge is -2.13. The van der Waals surface area contributed by atoms with Crippen LogP contribution in [-0.4, -0.2) is 34.0 Å². The molecule has 0 amide bonds. The lowest BCUT2D eigenvalue weighted by atomic mass is 10.2. The van der Waals surface area contributed by atoms with Crippen molar-refractivity contribution in [1.29, 1.82) is 0 Å². The first-order valence-electron chi connectivity index (χ1n) is 7.49. The van der Waals surface area contributed by atoms with Gasteiger partial charge in [-0.3, -0.25) is 0 Å². The summed E-state index contributed by atoms with van der Waals surface area (Å²) in [5.41, 5.74) is 6.51. The van der Waals surface area contributed by atoms with E-state index in [1.165, 1.54) is 23.9 Å². The van der Waals surface area contributed by atoms with Crippen molar-refractivity contribution in [2.75, 3.05) is 24.7 Å². The van der Waals surface area contributed by atoms with Gasteiger partial charge in [-0.25, -0.2) is 9.37 Å². The minimum Gasteiger partial charge on any atom is -0.431 e. The first-order chi connectivity index (χ1) is 11.9. The summed E-state index contributed by atoms with van der Waals surface area (Å²) in [5, 5.41) is 0.334. The number of aromatic nitrogens is 4. The molecule has 0 aliphatic heterocycles. The molecule has 0 radical (unpaired) electrons. The molecule has 2 aromatic heterocycles. The van der Waals surface area contributed by atoms with Gasteiger partial charge in [0.05, 0.1) is 11.4 Å². The molecule has 2 N–H and O–H groups in total. The molecule has 0 aliphatic carbocycles. The zero-order chi connectivity index (χ0) is 18.0. The summed E-state index contributed by atoms with van der Waals surface area (Å²) in [6.45, 7) is 1.93. The van der Waals surface area contributed by atoms with Crippen LogP contribution in [0, 0.1) is 5.82 Å². The summed E-state index contributed by atoms with van der Waals surface area (Å²) in [6, 6.07) is 6.04. The maximum atomic E-state index is 13.0. The molecule has 1 atom stereocenters. The van der Waals surface area contributed by atoms with Crippen molar-refractivity contribution in [2.24, 2.45) is 0 Å². The predicted molar refractivity (Wildman–Crippen MR) is 94.7 cm³/mol. The number of nitrogens with two attached hydrogens (primary N) is 1. The van der Waals surface area contributed by atoms with Crippen molar-refractivity contribution in [3.05, 3.63) is 42.1 Å². The number of nitrogen functional groups attached to an aromatic ring is 1. The van der Waals surface area contributed by atoms with Gasteiger partial charge in [-0.2, -0.15) is 15.0 Å². The molecule has 3 rings (SSSR count). The number of hydrogen-bond acceptors (Lipinski definition) is 8. The monoisotopic (exact) mass is 360 g/mol. The Labute approximate surface area is 148 Å². The average molecular weight is 360 g/mol. The van der Waals surface area contributed by atoms with Gasteiger partial charge in [0.2, 0.25) is 11.9 Å². The molecule has 0 aliphatic rings. The molecule has 0 unspecified atom stereocenters. The van der Waals surface area contributed by atoms with E-state index >= 15 is 0 Å². The molecule has 0 fully saturated rings. The van der Waals surface area contributed by atoms with Crippen LogP contribution in [0.1, 0.15) is 18.0 Å². The highest BCUT2D eigenvalue weighted by Gasteiger charge is 2.17. The highest BCUT2D eigenvalue weighted by molar-refractivity contribution is 7.99. The Morgan fingerprint density at radius 1 is 1.16 bits per heavy atom. The molecule has 0 saturated carbocycles. The maximum Gasteiger partial charge on any atom is 0.256 e. The highest BCUT2D eigenvalue weighted by atomic mass is 32.2. The third kappa shape index (κ3) is 4.05. The van der Waals surface area contributed by atoms with Gasteiger partial charge < -0.3 is 15.1 Å². The van der Waals surface area contributed by atoms with Gasteiger partial charge in [0.25, 0.3) is 5.22 Å². The lowest BCUT2D eigenvalue weighted by molar-refractivity contribution is 0.465. The Morgan fingerprint density at radius 3 is 2.56 bits per heavy atom. The standard InChI is InChI=1S/C16H17FN6OS/c1-9(13-20-14(18)22-15(21-13)23(2)3)25-16-19-8-12(24-16)10-4-6-11(17)7-5-10/h4-9H,1-3H3,(H2,18,20,21,22)/t9-/m0/s1. The van der Waals surface area contributed by atoms with Crippen molar-refractivity contribution in [3.63, 3.8) is 0 Å². The third-order valence-electron chi connectivity index (χ3n) is 3.31. The molecule has 0 bridgehead atoms. The highest BCUT2D eigenvalue weighted by Crippen LogP contribution is 2.35. The van der Waals surface area contributed by atoms with E-state index in [2.05, 4.69) is 19.9 Å². The maximum absolute atomic E-state index is 13.0. The summed E-state index contributed by atoms with van der Waals surface area (Å²) >= 11 is 1.37. The van der Waals surface area contributed by atoms with E-state index in [4.69, 9.17) is 10.2 Å². The van der Waals surface area contributed by atoms with Gasteiger partial charge in [0, 0.05) is 19.7 Å². The summed E-state index contributed by atoms with van der Waals surface area (Å²) in [5.74, 6) is 1.48. The van der Waals surface area contributed by atoms with E-state index in [1.54, 1.807) is 23.2 Å². The molecule has 0 spiro atoms. The number of benzene rings is 1. The summed E-state index contributed by atoms with van der Waals surface area (Å²) in [6.07, 6.45) is 1.61. The van der Waals surface area contributed by atoms with Crippen LogP contribution < -0.4 is 10.6 Å². The van der Waals surface area contributed by atoms with Gasteiger partial charge in [-0.05, 0) is 31.2 Å².